The first-order valence-electron chi connectivity index (χ1n) is 6.06. The van der Waals surface area contributed by atoms with Crippen molar-refractivity contribution in [3.8, 4) is 0 Å². The first kappa shape index (κ1) is 15.6. The lowest BCUT2D eigenvalue weighted by molar-refractivity contribution is 0.281. The van der Waals surface area contributed by atoms with Crippen LogP contribution >= 0.6 is 0 Å². The molecule has 0 aliphatic heterocycles. The molecule has 0 bridgehead atoms. The van der Waals surface area contributed by atoms with E-state index in [9.17, 15) is 17.2 Å². The fourth-order valence-corrected chi connectivity index (χ4v) is 2.88. The van der Waals surface area contributed by atoms with Gasteiger partial charge in [-0.25, -0.2) is 21.9 Å². The third kappa shape index (κ3) is 3.63. The Morgan fingerprint density at radius 1 is 1.05 bits per heavy atom. The second kappa shape index (κ2) is 6.30. The zero-order valence-corrected chi connectivity index (χ0v) is 11.7. The van der Waals surface area contributed by atoms with Gasteiger partial charge in [0.2, 0.25) is 10.0 Å². The SMILES string of the molecule is O=S(=O)(NCc1ccccc1F)c1cc(CO)ccc1F. The van der Waals surface area contributed by atoms with Crippen LogP contribution in [0.3, 0.4) is 0 Å². The number of halogens is 2. The van der Waals surface area contributed by atoms with Gasteiger partial charge in [-0.2, -0.15) is 0 Å². The zero-order valence-electron chi connectivity index (χ0n) is 10.9. The van der Waals surface area contributed by atoms with Crippen molar-refractivity contribution in [1.82, 2.24) is 4.72 Å². The molecular formula is C14H13F2NO3S. The second-order valence-electron chi connectivity index (χ2n) is 4.34. The molecule has 0 saturated carbocycles. The third-order valence-corrected chi connectivity index (χ3v) is 4.29. The smallest absolute Gasteiger partial charge is 0.243 e. The summed E-state index contributed by atoms with van der Waals surface area (Å²) in [5, 5.41) is 8.98. The molecule has 112 valence electrons. The maximum atomic E-state index is 13.6. The summed E-state index contributed by atoms with van der Waals surface area (Å²) in [6.45, 7) is -0.700. The largest absolute Gasteiger partial charge is 0.392 e. The van der Waals surface area contributed by atoms with Crippen LogP contribution in [0, 0.1) is 11.6 Å². The summed E-state index contributed by atoms with van der Waals surface area (Å²) < 4.78 is 53.3. The standard InChI is InChI=1S/C14H13F2NO3S/c15-12-4-2-1-3-11(12)8-17-21(19,20)14-7-10(9-18)5-6-13(14)16/h1-7,17-18H,8-9H2. The lowest BCUT2D eigenvalue weighted by atomic mass is 10.2. The Kier molecular flexibility index (Phi) is 4.66. The highest BCUT2D eigenvalue weighted by Crippen LogP contribution is 2.17. The van der Waals surface area contributed by atoms with Crippen LogP contribution in [-0.4, -0.2) is 13.5 Å². The van der Waals surface area contributed by atoms with E-state index in [-0.39, 0.29) is 17.7 Å². The van der Waals surface area contributed by atoms with Gasteiger partial charge < -0.3 is 5.11 Å². The van der Waals surface area contributed by atoms with Crippen LogP contribution in [0.25, 0.3) is 0 Å². The maximum Gasteiger partial charge on any atom is 0.243 e. The molecule has 2 aromatic carbocycles. The first-order valence-corrected chi connectivity index (χ1v) is 7.54. The zero-order chi connectivity index (χ0) is 15.5. The van der Waals surface area contributed by atoms with Gasteiger partial charge in [0, 0.05) is 12.1 Å². The molecule has 0 aliphatic carbocycles. The predicted molar refractivity (Wildman–Crippen MR) is 72.7 cm³/mol. The van der Waals surface area contributed by atoms with E-state index in [0.29, 0.717) is 0 Å². The quantitative estimate of drug-likeness (QED) is 0.886. The van der Waals surface area contributed by atoms with Crippen LogP contribution in [0.5, 0.6) is 0 Å². The Hall–Kier alpha value is -1.83. The van der Waals surface area contributed by atoms with Crippen LogP contribution in [0.15, 0.2) is 47.4 Å². The molecule has 7 heteroatoms. The van der Waals surface area contributed by atoms with Crippen molar-refractivity contribution < 1.29 is 22.3 Å². The van der Waals surface area contributed by atoms with Crippen molar-refractivity contribution in [2.75, 3.05) is 0 Å². The molecule has 0 aliphatic rings. The lowest BCUT2D eigenvalue weighted by Gasteiger charge is -2.09. The Balaban J connectivity index is 2.25. The lowest BCUT2D eigenvalue weighted by Crippen LogP contribution is -2.24. The van der Waals surface area contributed by atoms with E-state index in [1.54, 1.807) is 6.07 Å². The number of aliphatic hydroxyl groups is 1. The van der Waals surface area contributed by atoms with Crippen LogP contribution in [-0.2, 0) is 23.2 Å². The van der Waals surface area contributed by atoms with Gasteiger partial charge in [-0.05, 0) is 23.8 Å². The molecule has 2 rings (SSSR count). The second-order valence-corrected chi connectivity index (χ2v) is 6.07. The molecule has 0 fully saturated rings. The van der Waals surface area contributed by atoms with Crippen molar-refractivity contribution in [3.63, 3.8) is 0 Å². The number of sulfonamides is 1. The molecule has 21 heavy (non-hydrogen) atoms. The fraction of sp³-hybridized carbons (Fsp3) is 0.143. The van der Waals surface area contributed by atoms with E-state index < -0.39 is 33.2 Å². The fourth-order valence-electron chi connectivity index (χ4n) is 1.74. The molecule has 0 atom stereocenters. The Morgan fingerprint density at radius 2 is 1.76 bits per heavy atom. The van der Waals surface area contributed by atoms with Gasteiger partial charge >= 0.3 is 0 Å². The maximum absolute atomic E-state index is 13.6. The van der Waals surface area contributed by atoms with Crippen LogP contribution in [0.1, 0.15) is 11.1 Å². The molecule has 4 nitrogen and oxygen atoms in total. The molecule has 0 amide bonds. The van der Waals surface area contributed by atoms with Crippen molar-refractivity contribution >= 4 is 10.0 Å². The Labute approximate surface area is 121 Å². The molecule has 0 radical (unpaired) electrons. The minimum Gasteiger partial charge on any atom is -0.392 e. The molecule has 2 aromatic rings. The number of nitrogens with one attached hydrogen (secondary N) is 1. The van der Waals surface area contributed by atoms with Crippen molar-refractivity contribution in [1.29, 1.82) is 0 Å². The highest BCUT2D eigenvalue weighted by Gasteiger charge is 2.19. The van der Waals surface area contributed by atoms with Gasteiger partial charge in [0.05, 0.1) is 6.61 Å². The Bertz CT molecular complexity index is 748. The summed E-state index contributed by atoms with van der Waals surface area (Å²) in [5.74, 6) is -1.49. The average molecular weight is 313 g/mol. The van der Waals surface area contributed by atoms with Crippen LogP contribution < -0.4 is 4.72 Å². The summed E-state index contributed by atoms with van der Waals surface area (Å²) in [7, 11) is -4.14. The van der Waals surface area contributed by atoms with Crippen molar-refractivity contribution in [2.24, 2.45) is 0 Å². The summed E-state index contributed by atoms with van der Waals surface area (Å²) in [6.07, 6.45) is 0. The minimum atomic E-state index is -4.14. The van der Waals surface area contributed by atoms with Gasteiger partial charge in [0.15, 0.2) is 0 Å². The Morgan fingerprint density at radius 3 is 2.43 bits per heavy atom. The van der Waals surface area contributed by atoms with Gasteiger partial charge in [-0.1, -0.05) is 24.3 Å². The van der Waals surface area contributed by atoms with E-state index in [4.69, 9.17) is 5.11 Å². The first-order chi connectivity index (χ1) is 9.94. The van der Waals surface area contributed by atoms with E-state index in [0.717, 1.165) is 12.1 Å². The van der Waals surface area contributed by atoms with Gasteiger partial charge in [-0.15, -0.1) is 0 Å². The monoisotopic (exact) mass is 313 g/mol. The summed E-state index contributed by atoms with van der Waals surface area (Å²) in [4.78, 5) is -0.578. The topological polar surface area (TPSA) is 66.4 Å². The number of rotatable bonds is 5. The molecular weight excluding hydrogens is 300 g/mol. The normalized spacial score (nSPS) is 11.6. The van der Waals surface area contributed by atoms with Crippen molar-refractivity contribution in [2.45, 2.75) is 18.0 Å². The summed E-state index contributed by atoms with van der Waals surface area (Å²) >= 11 is 0. The summed E-state index contributed by atoms with van der Waals surface area (Å²) in [6, 6.07) is 8.97. The van der Waals surface area contributed by atoms with Gasteiger partial charge in [0.1, 0.15) is 16.5 Å². The molecule has 0 spiro atoms. The van der Waals surface area contributed by atoms with Gasteiger partial charge in [-0.3, -0.25) is 0 Å². The third-order valence-electron chi connectivity index (χ3n) is 2.88. The van der Waals surface area contributed by atoms with E-state index >= 15 is 0 Å². The van der Waals surface area contributed by atoms with Crippen molar-refractivity contribution in [3.05, 3.63) is 65.2 Å². The number of benzene rings is 2. The van der Waals surface area contributed by atoms with E-state index in [2.05, 4.69) is 4.72 Å². The molecule has 0 heterocycles. The molecule has 2 N–H and O–H groups in total. The van der Waals surface area contributed by atoms with Crippen LogP contribution in [0.4, 0.5) is 8.78 Å². The summed E-state index contributed by atoms with van der Waals surface area (Å²) in [5.41, 5.74) is 0.419. The van der Waals surface area contributed by atoms with E-state index in [1.165, 1.54) is 24.3 Å². The van der Waals surface area contributed by atoms with Gasteiger partial charge in [0.25, 0.3) is 0 Å². The number of aliphatic hydroxyl groups excluding tert-OH is 1. The predicted octanol–water partition coefficient (Wildman–Crippen LogP) is 1.94. The number of hydrogen-bond donors (Lipinski definition) is 2. The van der Waals surface area contributed by atoms with Crippen LogP contribution in [0.2, 0.25) is 0 Å². The average Bonchev–Trinajstić information content (AvgIpc) is 2.47. The number of hydrogen-bond acceptors (Lipinski definition) is 3. The molecule has 0 saturated heterocycles. The molecule has 0 unspecified atom stereocenters. The molecule has 0 aromatic heterocycles. The highest BCUT2D eigenvalue weighted by atomic mass is 32.2. The minimum absolute atomic E-state index is 0.153. The van der Waals surface area contributed by atoms with E-state index in [1.807, 2.05) is 0 Å². The highest BCUT2D eigenvalue weighted by molar-refractivity contribution is 7.89.